The second-order valence-corrected chi connectivity index (χ2v) is 7.14. The number of fused-ring (bicyclic) bond motifs is 3. The molecule has 0 saturated heterocycles. The van der Waals surface area contributed by atoms with Gasteiger partial charge in [-0.1, -0.05) is 46.3 Å². The predicted molar refractivity (Wildman–Crippen MR) is 106 cm³/mol. The van der Waals surface area contributed by atoms with E-state index in [0.29, 0.717) is 17.9 Å². The van der Waals surface area contributed by atoms with Gasteiger partial charge in [0.15, 0.2) is 11.5 Å². The Kier molecular flexibility index (Phi) is 4.32. The van der Waals surface area contributed by atoms with Crippen LogP contribution in [-0.2, 0) is 4.79 Å². The minimum Gasteiger partial charge on any atom is -0.493 e. The lowest BCUT2D eigenvalue weighted by molar-refractivity contribution is -0.116. The summed E-state index contributed by atoms with van der Waals surface area (Å²) in [7, 11) is 3.23. The van der Waals surface area contributed by atoms with Crippen molar-refractivity contribution in [1.29, 1.82) is 0 Å². The maximum atomic E-state index is 12.4. The number of methoxy groups -OCH3 is 2. The van der Waals surface area contributed by atoms with Crippen molar-refractivity contribution in [3.05, 3.63) is 64.1 Å². The van der Waals surface area contributed by atoms with E-state index < -0.39 is 0 Å². The van der Waals surface area contributed by atoms with Gasteiger partial charge in [-0.2, -0.15) is 0 Å². The van der Waals surface area contributed by atoms with Crippen molar-refractivity contribution in [3.8, 4) is 11.5 Å². The molecule has 0 saturated carbocycles. The second kappa shape index (κ2) is 6.65. The molecule has 0 spiro atoms. The molecule has 0 unspecified atom stereocenters. The van der Waals surface area contributed by atoms with Gasteiger partial charge in [0.2, 0.25) is 5.91 Å². The van der Waals surface area contributed by atoms with Crippen LogP contribution in [0.5, 0.6) is 11.5 Å². The molecule has 3 aromatic carbocycles. The Morgan fingerprint density at radius 1 is 1.04 bits per heavy atom. The summed E-state index contributed by atoms with van der Waals surface area (Å²) < 4.78 is 11.8. The van der Waals surface area contributed by atoms with E-state index in [0.717, 1.165) is 32.1 Å². The number of rotatable bonds is 3. The molecule has 1 N–H and O–H groups in total. The number of hydrogen-bond donors (Lipinski definition) is 1. The van der Waals surface area contributed by atoms with E-state index in [-0.39, 0.29) is 11.8 Å². The highest BCUT2D eigenvalue weighted by Crippen LogP contribution is 2.46. The predicted octanol–water partition coefficient (Wildman–Crippen LogP) is 5.09. The molecule has 1 atom stereocenters. The van der Waals surface area contributed by atoms with Crippen LogP contribution in [0.25, 0.3) is 10.8 Å². The topological polar surface area (TPSA) is 47.6 Å². The van der Waals surface area contributed by atoms with Crippen molar-refractivity contribution >= 4 is 38.3 Å². The Balaban J connectivity index is 1.97. The van der Waals surface area contributed by atoms with Gasteiger partial charge < -0.3 is 14.8 Å². The summed E-state index contributed by atoms with van der Waals surface area (Å²) in [4.78, 5) is 12.4. The average Bonchev–Trinajstić information content (AvgIpc) is 2.66. The maximum Gasteiger partial charge on any atom is 0.225 e. The standard InChI is InChI=1S/C21H18BrNO3/c1-25-18-9-14(16(22)11-19(18)26-2)15-10-20(24)23-17-8-7-12-5-3-4-6-13(12)21(15)17/h3-9,11,15H,10H2,1-2H3,(H,23,24)/t15-/m1/s1. The highest BCUT2D eigenvalue weighted by atomic mass is 79.9. The Morgan fingerprint density at radius 3 is 2.54 bits per heavy atom. The number of halogens is 1. The number of amides is 1. The van der Waals surface area contributed by atoms with Gasteiger partial charge in [-0.25, -0.2) is 0 Å². The molecule has 1 aliphatic rings. The minimum absolute atomic E-state index is 0.0134. The van der Waals surface area contributed by atoms with Crippen LogP contribution in [0, 0.1) is 0 Å². The zero-order valence-corrected chi connectivity index (χ0v) is 16.1. The van der Waals surface area contributed by atoms with Gasteiger partial charge in [0.05, 0.1) is 14.2 Å². The first-order chi connectivity index (χ1) is 12.6. The summed E-state index contributed by atoms with van der Waals surface area (Å²) in [5.41, 5.74) is 3.01. The summed E-state index contributed by atoms with van der Waals surface area (Å²) in [5.74, 6) is 1.25. The van der Waals surface area contributed by atoms with E-state index in [1.54, 1.807) is 14.2 Å². The van der Waals surface area contributed by atoms with E-state index in [1.807, 2.05) is 36.4 Å². The average molecular weight is 412 g/mol. The van der Waals surface area contributed by atoms with Crippen molar-refractivity contribution in [3.63, 3.8) is 0 Å². The summed E-state index contributed by atoms with van der Waals surface area (Å²) in [6, 6.07) is 16.1. The Labute approximate surface area is 160 Å². The number of hydrogen-bond acceptors (Lipinski definition) is 3. The van der Waals surface area contributed by atoms with Gasteiger partial charge in [-0.05, 0) is 40.1 Å². The Hall–Kier alpha value is -2.53. The molecule has 4 nitrogen and oxygen atoms in total. The number of nitrogens with one attached hydrogen (secondary N) is 1. The van der Waals surface area contributed by atoms with Crippen LogP contribution >= 0.6 is 15.9 Å². The molecule has 3 aromatic rings. The summed E-state index contributed by atoms with van der Waals surface area (Å²) in [5, 5.41) is 5.32. The quantitative estimate of drug-likeness (QED) is 0.652. The highest BCUT2D eigenvalue weighted by molar-refractivity contribution is 9.10. The van der Waals surface area contributed by atoms with Crippen molar-refractivity contribution in [1.82, 2.24) is 0 Å². The van der Waals surface area contributed by atoms with E-state index in [9.17, 15) is 4.79 Å². The monoisotopic (exact) mass is 411 g/mol. The van der Waals surface area contributed by atoms with Crippen molar-refractivity contribution in [2.45, 2.75) is 12.3 Å². The smallest absolute Gasteiger partial charge is 0.225 e. The van der Waals surface area contributed by atoms with Crippen LogP contribution in [0.3, 0.4) is 0 Å². The third kappa shape index (κ3) is 2.72. The lowest BCUT2D eigenvalue weighted by atomic mass is 9.82. The number of carbonyl (C=O) groups is 1. The van der Waals surface area contributed by atoms with E-state index in [1.165, 1.54) is 0 Å². The fourth-order valence-corrected chi connectivity index (χ4v) is 4.27. The normalized spacial score (nSPS) is 16.1. The Bertz CT molecular complexity index is 1020. The molecule has 26 heavy (non-hydrogen) atoms. The van der Waals surface area contributed by atoms with Gasteiger partial charge in [0.1, 0.15) is 0 Å². The first-order valence-electron chi connectivity index (χ1n) is 8.35. The van der Waals surface area contributed by atoms with Crippen LogP contribution in [0.15, 0.2) is 53.0 Å². The molecule has 1 amide bonds. The molecule has 0 fully saturated rings. The van der Waals surface area contributed by atoms with Crippen LogP contribution in [0.1, 0.15) is 23.5 Å². The number of carbonyl (C=O) groups excluding carboxylic acids is 1. The molecule has 0 aliphatic carbocycles. The molecule has 0 radical (unpaired) electrons. The molecular formula is C21H18BrNO3. The first-order valence-corrected chi connectivity index (χ1v) is 9.14. The van der Waals surface area contributed by atoms with Gasteiger partial charge >= 0.3 is 0 Å². The molecule has 4 rings (SSSR count). The lowest BCUT2D eigenvalue weighted by Gasteiger charge is -2.28. The van der Waals surface area contributed by atoms with Gasteiger partial charge in [0.25, 0.3) is 0 Å². The molecule has 1 heterocycles. The van der Waals surface area contributed by atoms with Crippen molar-refractivity contribution in [2.24, 2.45) is 0 Å². The molecule has 0 aromatic heterocycles. The zero-order valence-electron chi connectivity index (χ0n) is 14.5. The molecule has 0 bridgehead atoms. The summed E-state index contributed by atoms with van der Waals surface area (Å²) in [6.07, 6.45) is 0.384. The zero-order chi connectivity index (χ0) is 18.3. The maximum absolute atomic E-state index is 12.4. The second-order valence-electron chi connectivity index (χ2n) is 6.28. The van der Waals surface area contributed by atoms with E-state index in [2.05, 4.69) is 33.4 Å². The van der Waals surface area contributed by atoms with Gasteiger partial charge in [0, 0.05) is 22.5 Å². The summed E-state index contributed by atoms with van der Waals surface area (Å²) >= 11 is 3.66. The van der Waals surface area contributed by atoms with Crippen molar-refractivity contribution < 1.29 is 14.3 Å². The third-order valence-electron chi connectivity index (χ3n) is 4.86. The fraction of sp³-hybridized carbons (Fsp3) is 0.190. The van der Waals surface area contributed by atoms with Crippen LogP contribution in [0.2, 0.25) is 0 Å². The Morgan fingerprint density at radius 2 is 1.77 bits per heavy atom. The number of benzene rings is 3. The van der Waals surface area contributed by atoms with Crippen LogP contribution in [-0.4, -0.2) is 20.1 Å². The molecular weight excluding hydrogens is 394 g/mol. The highest BCUT2D eigenvalue weighted by Gasteiger charge is 2.30. The lowest BCUT2D eigenvalue weighted by Crippen LogP contribution is -2.24. The SMILES string of the molecule is COc1cc(Br)c([C@H]2CC(=O)Nc3ccc4ccccc4c32)cc1OC. The van der Waals surface area contributed by atoms with Gasteiger partial charge in [-0.3, -0.25) is 4.79 Å². The van der Waals surface area contributed by atoms with E-state index in [4.69, 9.17) is 9.47 Å². The largest absolute Gasteiger partial charge is 0.493 e. The van der Waals surface area contributed by atoms with Crippen LogP contribution in [0.4, 0.5) is 5.69 Å². The molecule has 132 valence electrons. The fourth-order valence-electron chi connectivity index (χ4n) is 3.67. The van der Waals surface area contributed by atoms with Crippen molar-refractivity contribution in [2.75, 3.05) is 19.5 Å². The third-order valence-corrected chi connectivity index (χ3v) is 5.55. The molecule has 5 heteroatoms. The first kappa shape index (κ1) is 16.9. The van der Waals surface area contributed by atoms with E-state index >= 15 is 0 Å². The number of ether oxygens (including phenoxy) is 2. The minimum atomic E-state index is -0.0703. The van der Waals surface area contributed by atoms with Gasteiger partial charge in [-0.15, -0.1) is 0 Å². The van der Waals surface area contributed by atoms with Crippen LogP contribution < -0.4 is 14.8 Å². The molecule has 1 aliphatic heterocycles. The number of anilines is 1. The summed E-state index contributed by atoms with van der Waals surface area (Å²) in [6.45, 7) is 0.